The second-order valence-electron chi connectivity index (χ2n) is 6.10. The van der Waals surface area contributed by atoms with Crippen LogP contribution in [0.2, 0.25) is 5.02 Å². The summed E-state index contributed by atoms with van der Waals surface area (Å²) in [7, 11) is 0. The second-order valence-corrected chi connectivity index (χ2v) is 7.37. The summed E-state index contributed by atoms with van der Waals surface area (Å²) >= 11 is 7.49. The Balaban J connectivity index is 1.60. The van der Waals surface area contributed by atoms with E-state index in [2.05, 4.69) is 20.4 Å². The zero-order chi connectivity index (χ0) is 20.5. The summed E-state index contributed by atoms with van der Waals surface area (Å²) in [5, 5.41) is 9.37. The van der Waals surface area contributed by atoms with Crippen LogP contribution in [-0.2, 0) is 0 Å². The summed E-state index contributed by atoms with van der Waals surface area (Å²) in [6.45, 7) is 1.65. The predicted molar refractivity (Wildman–Crippen MR) is 110 cm³/mol. The third-order valence-corrected chi connectivity index (χ3v) is 5.27. The number of hydrogen-bond acceptors (Lipinski definition) is 6. The summed E-state index contributed by atoms with van der Waals surface area (Å²) < 4.78 is 5.23. The number of carbonyl (C=O) groups is 2. The minimum atomic E-state index is -0.560. The average molecular weight is 428 g/mol. The number of nitrogens with one attached hydrogen (secondary N) is 2. The number of H-pyrrole nitrogens is 1. The van der Waals surface area contributed by atoms with Crippen LogP contribution in [0.25, 0.3) is 22.5 Å². The van der Waals surface area contributed by atoms with Gasteiger partial charge in [0.2, 0.25) is 0 Å². The number of nitrogens with zero attached hydrogens (tertiary/aromatic N) is 2. The number of amides is 2. The summed E-state index contributed by atoms with van der Waals surface area (Å²) in [4.78, 5) is 31.3. The Morgan fingerprint density at radius 1 is 1.31 bits per heavy atom. The first-order chi connectivity index (χ1) is 13.9. The van der Waals surface area contributed by atoms with Crippen LogP contribution in [0.5, 0.6) is 0 Å². The molecule has 0 saturated heterocycles. The third-order valence-electron chi connectivity index (χ3n) is 4.19. The maximum absolute atomic E-state index is 12.9. The molecular formula is C19H14ClN5O3S. The standard InChI is InChI=1S/C19H14ClN5O3S/c1-9-15(16(25-28-9)11-4-2-3-5-12(11)20)18(27)24-19-23-14(8-29-19)10-6-13(17(21)26)22-7-10/h2-8,22H,1H3,(H2,21,26)(H,23,24,27). The van der Waals surface area contributed by atoms with Crippen molar-refractivity contribution in [1.29, 1.82) is 0 Å². The number of aromatic amines is 1. The van der Waals surface area contributed by atoms with Gasteiger partial charge in [0.1, 0.15) is 22.7 Å². The molecule has 0 spiro atoms. The second kappa shape index (κ2) is 7.53. The molecule has 0 radical (unpaired) electrons. The van der Waals surface area contributed by atoms with Crippen molar-refractivity contribution in [3.8, 4) is 22.5 Å². The Labute approximate surface area is 173 Å². The lowest BCUT2D eigenvalue weighted by molar-refractivity contribution is 0.0993. The Bertz CT molecular complexity index is 1230. The van der Waals surface area contributed by atoms with Crippen molar-refractivity contribution >= 4 is 39.9 Å². The molecule has 8 nitrogen and oxygen atoms in total. The monoisotopic (exact) mass is 427 g/mol. The maximum Gasteiger partial charge on any atom is 0.265 e. The first-order valence-corrected chi connectivity index (χ1v) is 9.66. The molecule has 146 valence electrons. The minimum Gasteiger partial charge on any atom is -0.364 e. The molecule has 0 saturated carbocycles. The molecule has 4 rings (SSSR count). The van der Waals surface area contributed by atoms with Gasteiger partial charge in [-0.1, -0.05) is 35.0 Å². The fourth-order valence-corrected chi connectivity index (χ4v) is 3.72. The number of primary amides is 1. The molecule has 4 aromatic rings. The molecule has 2 amide bonds. The first-order valence-electron chi connectivity index (χ1n) is 8.40. The lowest BCUT2D eigenvalue weighted by atomic mass is 10.1. The van der Waals surface area contributed by atoms with Crippen molar-refractivity contribution in [3.05, 3.63) is 63.9 Å². The van der Waals surface area contributed by atoms with E-state index in [1.807, 2.05) is 0 Å². The molecule has 4 N–H and O–H groups in total. The summed E-state index contributed by atoms with van der Waals surface area (Å²) in [5.74, 6) is -0.604. The van der Waals surface area contributed by atoms with E-state index in [1.54, 1.807) is 48.8 Å². The number of anilines is 1. The van der Waals surface area contributed by atoms with E-state index in [-0.39, 0.29) is 11.3 Å². The number of thiazole rings is 1. The summed E-state index contributed by atoms with van der Waals surface area (Å²) in [6.07, 6.45) is 1.63. The van der Waals surface area contributed by atoms with Crippen LogP contribution >= 0.6 is 22.9 Å². The molecule has 3 heterocycles. The highest BCUT2D eigenvalue weighted by atomic mass is 35.5. The van der Waals surface area contributed by atoms with Gasteiger partial charge < -0.3 is 15.2 Å². The Morgan fingerprint density at radius 2 is 2.10 bits per heavy atom. The zero-order valence-electron chi connectivity index (χ0n) is 15.0. The molecule has 10 heteroatoms. The fraction of sp³-hybridized carbons (Fsp3) is 0.0526. The van der Waals surface area contributed by atoms with Gasteiger partial charge in [-0.15, -0.1) is 11.3 Å². The molecule has 0 aliphatic heterocycles. The van der Waals surface area contributed by atoms with Gasteiger partial charge in [-0.05, 0) is 19.1 Å². The first kappa shape index (κ1) is 18.9. The van der Waals surface area contributed by atoms with Crippen molar-refractivity contribution in [3.63, 3.8) is 0 Å². The van der Waals surface area contributed by atoms with E-state index in [4.69, 9.17) is 21.9 Å². The molecule has 1 aromatic carbocycles. The number of nitrogens with two attached hydrogens (primary N) is 1. The van der Waals surface area contributed by atoms with Crippen LogP contribution in [0, 0.1) is 6.92 Å². The fourth-order valence-electron chi connectivity index (χ4n) is 2.78. The van der Waals surface area contributed by atoms with Crippen LogP contribution in [-0.4, -0.2) is 26.9 Å². The maximum atomic E-state index is 12.9. The molecule has 0 aliphatic rings. The Hall–Kier alpha value is -3.43. The van der Waals surface area contributed by atoms with Crippen LogP contribution in [0.4, 0.5) is 5.13 Å². The minimum absolute atomic E-state index is 0.281. The number of halogens is 1. The van der Waals surface area contributed by atoms with Gasteiger partial charge in [-0.25, -0.2) is 4.98 Å². The Kier molecular flexibility index (Phi) is 4.91. The number of hydrogen-bond donors (Lipinski definition) is 3. The van der Waals surface area contributed by atoms with Gasteiger partial charge in [0, 0.05) is 22.7 Å². The number of aromatic nitrogens is 3. The van der Waals surface area contributed by atoms with E-state index < -0.39 is 11.8 Å². The van der Waals surface area contributed by atoms with Crippen molar-refractivity contribution in [2.24, 2.45) is 5.73 Å². The SMILES string of the molecule is Cc1onc(-c2ccccc2Cl)c1C(=O)Nc1nc(-c2c[nH]c(C(N)=O)c2)cs1. The van der Waals surface area contributed by atoms with Gasteiger partial charge >= 0.3 is 0 Å². The molecule has 0 atom stereocenters. The lowest BCUT2D eigenvalue weighted by Crippen LogP contribution is -2.13. The van der Waals surface area contributed by atoms with Gasteiger partial charge in [-0.2, -0.15) is 0 Å². The predicted octanol–water partition coefficient (Wildman–Crippen LogP) is 4.11. The zero-order valence-corrected chi connectivity index (χ0v) is 16.6. The highest BCUT2D eigenvalue weighted by molar-refractivity contribution is 7.14. The Morgan fingerprint density at radius 3 is 2.83 bits per heavy atom. The van der Waals surface area contributed by atoms with Gasteiger partial charge in [0.25, 0.3) is 11.8 Å². The number of carbonyl (C=O) groups excluding carboxylic acids is 2. The highest BCUT2D eigenvalue weighted by Crippen LogP contribution is 2.32. The van der Waals surface area contributed by atoms with Crippen molar-refractivity contribution in [2.75, 3.05) is 5.32 Å². The largest absolute Gasteiger partial charge is 0.364 e. The average Bonchev–Trinajstić information content (AvgIpc) is 3.41. The van der Waals surface area contributed by atoms with E-state index in [9.17, 15) is 9.59 Å². The molecule has 3 aromatic heterocycles. The normalized spacial score (nSPS) is 10.8. The highest BCUT2D eigenvalue weighted by Gasteiger charge is 2.24. The topological polar surface area (TPSA) is 127 Å². The number of benzene rings is 1. The van der Waals surface area contributed by atoms with Crippen LogP contribution in [0.3, 0.4) is 0 Å². The van der Waals surface area contributed by atoms with Crippen molar-refractivity contribution < 1.29 is 14.1 Å². The van der Waals surface area contributed by atoms with Gasteiger partial charge in [-0.3, -0.25) is 14.9 Å². The molecule has 0 unspecified atom stereocenters. The quantitative estimate of drug-likeness (QED) is 0.441. The summed E-state index contributed by atoms with van der Waals surface area (Å²) in [6, 6.07) is 8.67. The van der Waals surface area contributed by atoms with Crippen LogP contribution in [0.1, 0.15) is 26.6 Å². The van der Waals surface area contributed by atoms with Crippen LogP contribution in [0.15, 0.2) is 46.4 Å². The smallest absolute Gasteiger partial charge is 0.265 e. The number of aryl methyl sites for hydroxylation is 1. The molecule has 29 heavy (non-hydrogen) atoms. The molecule has 0 fully saturated rings. The van der Waals surface area contributed by atoms with E-state index in [0.717, 1.165) is 0 Å². The number of rotatable bonds is 5. The third kappa shape index (κ3) is 3.65. The van der Waals surface area contributed by atoms with E-state index in [0.29, 0.717) is 38.4 Å². The van der Waals surface area contributed by atoms with Gasteiger partial charge in [0.15, 0.2) is 5.13 Å². The van der Waals surface area contributed by atoms with Crippen molar-refractivity contribution in [2.45, 2.75) is 6.92 Å². The summed E-state index contributed by atoms with van der Waals surface area (Å²) in [5.41, 5.74) is 8.06. The van der Waals surface area contributed by atoms with E-state index in [1.165, 1.54) is 11.3 Å². The molecular weight excluding hydrogens is 414 g/mol. The van der Waals surface area contributed by atoms with Gasteiger partial charge in [0.05, 0.1) is 10.7 Å². The van der Waals surface area contributed by atoms with Crippen molar-refractivity contribution in [1.82, 2.24) is 15.1 Å². The van der Waals surface area contributed by atoms with E-state index >= 15 is 0 Å². The lowest BCUT2D eigenvalue weighted by Gasteiger charge is -2.04. The molecule has 0 aliphatic carbocycles. The van der Waals surface area contributed by atoms with Crippen LogP contribution < -0.4 is 11.1 Å². The molecule has 0 bridgehead atoms.